The Morgan fingerprint density at radius 3 is 2.43 bits per heavy atom. The van der Waals surface area contributed by atoms with Crippen molar-refractivity contribution in [1.82, 2.24) is 0 Å². The largest absolute Gasteiger partial charge is 0.507 e. The summed E-state index contributed by atoms with van der Waals surface area (Å²) in [7, 11) is 0. The summed E-state index contributed by atoms with van der Waals surface area (Å²) in [5, 5.41) is 12.2. The van der Waals surface area contributed by atoms with E-state index in [9.17, 15) is 5.11 Å². The lowest BCUT2D eigenvalue weighted by molar-refractivity contribution is 0.475. The molecule has 0 heterocycles. The van der Waals surface area contributed by atoms with Gasteiger partial charge in [-0.05, 0) is 29.3 Å². The number of aromatic hydroxyl groups is 1. The molecule has 2 nitrogen and oxygen atoms in total. The summed E-state index contributed by atoms with van der Waals surface area (Å²) in [6.45, 7) is 2.05. The van der Waals surface area contributed by atoms with Gasteiger partial charge in [0.05, 0.1) is 6.04 Å². The minimum absolute atomic E-state index is 0.0598. The first kappa shape index (κ1) is 13.4. The lowest BCUT2D eigenvalue weighted by Gasteiger charge is -2.08. The van der Waals surface area contributed by atoms with Crippen molar-refractivity contribution >= 4 is 17.0 Å². The third-order valence-electron chi connectivity index (χ3n) is 3.66. The van der Waals surface area contributed by atoms with Crippen molar-refractivity contribution in [3.05, 3.63) is 77.9 Å². The normalized spacial score (nSPS) is 12.8. The van der Waals surface area contributed by atoms with E-state index in [0.29, 0.717) is 0 Å². The highest BCUT2D eigenvalue weighted by Gasteiger charge is 2.06. The molecule has 0 fully saturated rings. The molecule has 2 heteroatoms. The smallest absolute Gasteiger partial charge is 0.124 e. The van der Waals surface area contributed by atoms with Crippen molar-refractivity contribution in [2.75, 3.05) is 0 Å². The molecule has 21 heavy (non-hydrogen) atoms. The Morgan fingerprint density at radius 1 is 0.905 bits per heavy atom. The minimum Gasteiger partial charge on any atom is -0.507 e. The Kier molecular flexibility index (Phi) is 3.69. The second kappa shape index (κ2) is 5.80. The second-order valence-electron chi connectivity index (χ2n) is 5.08. The van der Waals surface area contributed by atoms with Crippen molar-refractivity contribution in [3.8, 4) is 5.75 Å². The Bertz CT molecular complexity index is 778. The Hall–Kier alpha value is -2.61. The maximum Gasteiger partial charge on any atom is 0.124 e. The zero-order valence-corrected chi connectivity index (χ0v) is 11.9. The zero-order chi connectivity index (χ0) is 14.7. The summed E-state index contributed by atoms with van der Waals surface area (Å²) in [5.74, 6) is 0.262. The Balaban J connectivity index is 1.98. The summed E-state index contributed by atoms with van der Waals surface area (Å²) >= 11 is 0. The predicted molar refractivity (Wildman–Crippen MR) is 88.1 cm³/mol. The third kappa shape index (κ3) is 2.79. The minimum atomic E-state index is 0.0598. The lowest BCUT2D eigenvalue weighted by Crippen LogP contribution is -1.92. The quantitative estimate of drug-likeness (QED) is 0.689. The molecule has 0 aromatic heterocycles. The van der Waals surface area contributed by atoms with E-state index >= 15 is 0 Å². The van der Waals surface area contributed by atoms with Gasteiger partial charge >= 0.3 is 0 Å². The number of aliphatic imine (C=N–C) groups is 1. The molecule has 0 aliphatic rings. The number of hydrogen-bond donors (Lipinski definition) is 1. The topological polar surface area (TPSA) is 32.6 Å². The molecule has 3 rings (SSSR count). The van der Waals surface area contributed by atoms with E-state index in [4.69, 9.17) is 0 Å². The molecule has 0 saturated heterocycles. The first-order valence-corrected chi connectivity index (χ1v) is 7.04. The number of phenolic OH excluding ortho intramolecular Hbond substituents is 1. The molecule has 0 bridgehead atoms. The first-order valence-electron chi connectivity index (χ1n) is 7.04. The summed E-state index contributed by atoms with van der Waals surface area (Å²) in [5.41, 5.74) is 1.93. The van der Waals surface area contributed by atoms with Crippen molar-refractivity contribution < 1.29 is 5.11 Å². The highest BCUT2D eigenvalue weighted by Crippen LogP contribution is 2.26. The van der Waals surface area contributed by atoms with Crippen LogP contribution in [0.25, 0.3) is 10.8 Å². The van der Waals surface area contributed by atoms with Crippen LogP contribution in [0.1, 0.15) is 24.1 Å². The number of benzene rings is 3. The average Bonchev–Trinajstić information content (AvgIpc) is 2.54. The van der Waals surface area contributed by atoms with Crippen LogP contribution in [0.3, 0.4) is 0 Å². The van der Waals surface area contributed by atoms with Gasteiger partial charge in [0, 0.05) is 11.8 Å². The van der Waals surface area contributed by atoms with E-state index in [1.165, 1.54) is 0 Å². The molecule has 1 unspecified atom stereocenters. The molecule has 3 aromatic carbocycles. The van der Waals surface area contributed by atoms with Crippen molar-refractivity contribution in [3.63, 3.8) is 0 Å². The number of nitrogens with zero attached hydrogens (tertiary/aromatic N) is 1. The monoisotopic (exact) mass is 275 g/mol. The van der Waals surface area contributed by atoms with Gasteiger partial charge < -0.3 is 5.11 Å². The van der Waals surface area contributed by atoms with E-state index in [1.807, 2.05) is 55.5 Å². The maximum atomic E-state index is 10.1. The van der Waals surface area contributed by atoms with Crippen molar-refractivity contribution in [1.29, 1.82) is 0 Å². The molecular formula is C19H17NO. The van der Waals surface area contributed by atoms with E-state index in [2.05, 4.69) is 17.1 Å². The number of phenols is 1. The van der Waals surface area contributed by atoms with Crippen LogP contribution >= 0.6 is 0 Å². The molecule has 0 aliphatic carbocycles. The predicted octanol–water partition coefficient (Wildman–Crippen LogP) is 4.73. The fraction of sp³-hybridized carbons (Fsp3) is 0.105. The highest BCUT2D eigenvalue weighted by atomic mass is 16.3. The number of hydrogen-bond acceptors (Lipinski definition) is 2. The van der Waals surface area contributed by atoms with Crippen molar-refractivity contribution in [2.24, 2.45) is 4.99 Å². The van der Waals surface area contributed by atoms with E-state index < -0.39 is 0 Å². The van der Waals surface area contributed by atoms with Gasteiger partial charge in [-0.2, -0.15) is 0 Å². The van der Waals surface area contributed by atoms with Gasteiger partial charge in [0.2, 0.25) is 0 Å². The molecular weight excluding hydrogens is 258 g/mol. The summed E-state index contributed by atoms with van der Waals surface area (Å²) in [4.78, 5) is 4.59. The van der Waals surface area contributed by atoms with Gasteiger partial charge in [-0.15, -0.1) is 0 Å². The van der Waals surface area contributed by atoms with Crippen LogP contribution in [-0.4, -0.2) is 11.3 Å². The molecule has 0 saturated carbocycles. The van der Waals surface area contributed by atoms with Gasteiger partial charge in [0.25, 0.3) is 0 Å². The molecule has 104 valence electrons. The Morgan fingerprint density at radius 2 is 1.62 bits per heavy atom. The number of fused-ring (bicyclic) bond motifs is 1. The van der Waals surface area contributed by atoms with Gasteiger partial charge in [-0.25, -0.2) is 0 Å². The van der Waals surface area contributed by atoms with Crippen LogP contribution < -0.4 is 0 Å². The number of rotatable bonds is 3. The van der Waals surface area contributed by atoms with Crippen LogP contribution in [0.2, 0.25) is 0 Å². The zero-order valence-electron chi connectivity index (χ0n) is 11.9. The molecule has 0 aliphatic heterocycles. The molecule has 3 aromatic rings. The molecule has 0 radical (unpaired) electrons. The van der Waals surface area contributed by atoms with Gasteiger partial charge in [-0.1, -0.05) is 60.7 Å². The molecule has 1 atom stereocenters. The van der Waals surface area contributed by atoms with E-state index in [0.717, 1.165) is 21.9 Å². The van der Waals surface area contributed by atoms with Gasteiger partial charge in [0.15, 0.2) is 0 Å². The molecule has 1 N–H and O–H groups in total. The van der Waals surface area contributed by atoms with Gasteiger partial charge in [0.1, 0.15) is 5.75 Å². The SMILES string of the molecule is CC(N=Cc1c(O)ccc2ccccc12)c1ccccc1. The van der Waals surface area contributed by atoms with E-state index in [-0.39, 0.29) is 11.8 Å². The summed E-state index contributed by atoms with van der Waals surface area (Å²) in [6, 6.07) is 21.8. The van der Waals surface area contributed by atoms with Crippen LogP contribution in [-0.2, 0) is 0 Å². The Labute approximate surface area is 124 Å². The average molecular weight is 275 g/mol. The highest BCUT2D eigenvalue weighted by molar-refractivity contribution is 6.02. The molecule has 0 amide bonds. The fourth-order valence-corrected chi connectivity index (χ4v) is 2.42. The summed E-state index contributed by atoms with van der Waals surface area (Å²) < 4.78 is 0. The van der Waals surface area contributed by atoms with Crippen LogP contribution in [0.5, 0.6) is 5.75 Å². The van der Waals surface area contributed by atoms with Crippen LogP contribution in [0.4, 0.5) is 0 Å². The maximum absolute atomic E-state index is 10.1. The standard InChI is InChI=1S/C19H17NO/c1-14(15-7-3-2-4-8-15)20-13-18-17-10-6-5-9-16(17)11-12-19(18)21/h2-14,21H,1H3. The first-order chi connectivity index (χ1) is 10.3. The third-order valence-corrected chi connectivity index (χ3v) is 3.66. The molecule has 0 spiro atoms. The summed E-state index contributed by atoms with van der Waals surface area (Å²) in [6.07, 6.45) is 1.77. The second-order valence-corrected chi connectivity index (χ2v) is 5.08. The van der Waals surface area contributed by atoms with Crippen molar-refractivity contribution in [2.45, 2.75) is 13.0 Å². The van der Waals surface area contributed by atoms with E-state index in [1.54, 1.807) is 12.3 Å². The lowest BCUT2D eigenvalue weighted by atomic mass is 10.0. The van der Waals surface area contributed by atoms with Crippen LogP contribution in [0, 0.1) is 0 Å². The van der Waals surface area contributed by atoms with Crippen LogP contribution in [0.15, 0.2) is 71.7 Å². The van der Waals surface area contributed by atoms with Gasteiger partial charge in [-0.3, -0.25) is 4.99 Å². The fourth-order valence-electron chi connectivity index (χ4n) is 2.42.